The Bertz CT molecular complexity index is 475. The zero-order chi connectivity index (χ0) is 14.1. The maximum absolute atomic E-state index is 11.2. The van der Waals surface area contributed by atoms with Crippen LogP contribution in [0.5, 0.6) is 0 Å². The molecule has 1 saturated heterocycles. The van der Waals surface area contributed by atoms with E-state index in [0.717, 1.165) is 37.9 Å². The van der Waals surface area contributed by atoms with Gasteiger partial charge in [0.15, 0.2) is 0 Å². The Morgan fingerprint density at radius 2 is 2.00 bits per heavy atom. The van der Waals surface area contributed by atoms with Crippen LogP contribution < -0.4 is 0 Å². The van der Waals surface area contributed by atoms with E-state index in [0.29, 0.717) is 11.7 Å². The van der Waals surface area contributed by atoms with Gasteiger partial charge in [-0.05, 0) is 43.7 Å². The van der Waals surface area contributed by atoms with Gasteiger partial charge in [0, 0.05) is 31.4 Å². The molecule has 0 aromatic carbocycles. The van der Waals surface area contributed by atoms with Crippen molar-refractivity contribution >= 4 is 5.97 Å². The molecule has 2 unspecified atom stereocenters. The van der Waals surface area contributed by atoms with Crippen LogP contribution in [0.3, 0.4) is 0 Å². The summed E-state index contributed by atoms with van der Waals surface area (Å²) in [7, 11) is 0. The summed E-state index contributed by atoms with van der Waals surface area (Å²) in [5, 5.41) is 9.21. The molecule has 0 radical (unpaired) electrons. The van der Waals surface area contributed by atoms with E-state index in [1.54, 1.807) is 6.07 Å². The van der Waals surface area contributed by atoms with Gasteiger partial charge in [-0.1, -0.05) is 13.3 Å². The summed E-state index contributed by atoms with van der Waals surface area (Å²) in [5.41, 5.74) is 0.428. The molecule has 1 aromatic heterocycles. The van der Waals surface area contributed by atoms with E-state index < -0.39 is 5.97 Å². The molecule has 0 amide bonds. The first-order valence-electron chi connectivity index (χ1n) is 7.81. The molecule has 2 heterocycles. The van der Waals surface area contributed by atoms with E-state index in [9.17, 15) is 9.90 Å². The molecule has 1 saturated carbocycles. The van der Waals surface area contributed by atoms with E-state index in [1.165, 1.54) is 19.3 Å². The normalized spacial score (nSPS) is 28.9. The minimum Gasteiger partial charge on any atom is -0.477 e. The van der Waals surface area contributed by atoms with Crippen molar-refractivity contribution in [3.05, 3.63) is 24.0 Å². The van der Waals surface area contributed by atoms with E-state index in [2.05, 4.69) is 11.8 Å². The number of piperidine rings is 1. The zero-order valence-electron chi connectivity index (χ0n) is 12.2. The predicted molar refractivity (Wildman–Crippen MR) is 78.0 cm³/mol. The van der Waals surface area contributed by atoms with Crippen LogP contribution >= 0.6 is 0 Å². The third-order valence-corrected chi connectivity index (χ3v) is 5.18. The summed E-state index contributed by atoms with van der Waals surface area (Å²) in [6.07, 6.45) is 8.13. The number of hydrogen-bond acceptors (Lipinski definition) is 2. The molecule has 3 rings (SSSR count). The third kappa shape index (κ3) is 2.49. The average molecular weight is 276 g/mol. The fourth-order valence-electron chi connectivity index (χ4n) is 4.06. The molecule has 2 aliphatic rings. The molecular weight excluding hydrogens is 252 g/mol. The SMILES string of the molecule is CC1CCCC1N1CCC(n2cccc2C(=O)O)CC1. The highest BCUT2D eigenvalue weighted by atomic mass is 16.4. The summed E-state index contributed by atoms with van der Waals surface area (Å²) < 4.78 is 1.96. The second-order valence-corrected chi connectivity index (χ2v) is 6.35. The van der Waals surface area contributed by atoms with Gasteiger partial charge in [-0.15, -0.1) is 0 Å². The monoisotopic (exact) mass is 276 g/mol. The summed E-state index contributed by atoms with van der Waals surface area (Å²) >= 11 is 0. The summed E-state index contributed by atoms with van der Waals surface area (Å²) in [4.78, 5) is 13.8. The van der Waals surface area contributed by atoms with Crippen molar-refractivity contribution in [2.24, 2.45) is 5.92 Å². The van der Waals surface area contributed by atoms with Crippen molar-refractivity contribution in [2.75, 3.05) is 13.1 Å². The lowest BCUT2D eigenvalue weighted by Gasteiger charge is -2.38. The summed E-state index contributed by atoms with van der Waals surface area (Å²) in [6, 6.07) is 4.66. The maximum atomic E-state index is 11.2. The van der Waals surface area contributed by atoms with Gasteiger partial charge >= 0.3 is 5.97 Å². The first-order chi connectivity index (χ1) is 9.66. The van der Waals surface area contributed by atoms with Crippen molar-refractivity contribution < 1.29 is 9.90 Å². The lowest BCUT2D eigenvalue weighted by Crippen LogP contribution is -2.43. The number of carbonyl (C=O) groups is 1. The Labute approximate surface area is 120 Å². The van der Waals surface area contributed by atoms with Crippen LogP contribution in [0.25, 0.3) is 0 Å². The largest absolute Gasteiger partial charge is 0.477 e. The highest BCUT2D eigenvalue weighted by molar-refractivity contribution is 5.85. The predicted octanol–water partition coefficient (Wildman–Crippen LogP) is 3.01. The van der Waals surface area contributed by atoms with Crippen molar-refractivity contribution in [3.63, 3.8) is 0 Å². The van der Waals surface area contributed by atoms with Crippen LogP contribution in [0, 0.1) is 5.92 Å². The Morgan fingerprint density at radius 1 is 1.25 bits per heavy atom. The van der Waals surface area contributed by atoms with Crippen LogP contribution in [0.4, 0.5) is 0 Å². The molecule has 1 aliphatic heterocycles. The summed E-state index contributed by atoms with van der Waals surface area (Å²) in [5.74, 6) is 0.00885. The lowest BCUT2D eigenvalue weighted by molar-refractivity contribution is 0.0673. The van der Waals surface area contributed by atoms with Crippen LogP contribution in [-0.4, -0.2) is 39.7 Å². The quantitative estimate of drug-likeness (QED) is 0.923. The smallest absolute Gasteiger partial charge is 0.352 e. The van der Waals surface area contributed by atoms with Crippen LogP contribution in [0.2, 0.25) is 0 Å². The van der Waals surface area contributed by atoms with Crippen LogP contribution in [0.15, 0.2) is 18.3 Å². The fourth-order valence-corrected chi connectivity index (χ4v) is 4.06. The number of nitrogens with zero attached hydrogens (tertiary/aromatic N) is 2. The van der Waals surface area contributed by atoms with Gasteiger partial charge in [-0.25, -0.2) is 4.79 Å². The van der Waals surface area contributed by atoms with Crippen LogP contribution in [0.1, 0.15) is 55.6 Å². The molecule has 2 fully saturated rings. The Kier molecular flexibility index (Phi) is 3.83. The number of rotatable bonds is 3. The molecule has 1 N–H and O–H groups in total. The second-order valence-electron chi connectivity index (χ2n) is 6.35. The van der Waals surface area contributed by atoms with Gasteiger partial charge in [0.25, 0.3) is 0 Å². The molecule has 1 aliphatic carbocycles. The van der Waals surface area contributed by atoms with Gasteiger partial charge in [0.05, 0.1) is 0 Å². The number of carboxylic acids is 1. The molecule has 0 spiro atoms. The topological polar surface area (TPSA) is 45.5 Å². The zero-order valence-corrected chi connectivity index (χ0v) is 12.2. The van der Waals surface area contributed by atoms with E-state index in [1.807, 2.05) is 16.8 Å². The van der Waals surface area contributed by atoms with E-state index in [4.69, 9.17) is 0 Å². The molecule has 4 heteroatoms. The number of aromatic carboxylic acids is 1. The number of aromatic nitrogens is 1. The summed E-state index contributed by atoms with van der Waals surface area (Å²) in [6.45, 7) is 4.59. The molecule has 0 bridgehead atoms. The Balaban J connectivity index is 1.63. The number of carboxylic acid groups (broad SMARTS) is 1. The first-order valence-corrected chi connectivity index (χ1v) is 7.81. The van der Waals surface area contributed by atoms with Crippen molar-refractivity contribution in [3.8, 4) is 0 Å². The second kappa shape index (κ2) is 5.60. The Hall–Kier alpha value is -1.29. The number of hydrogen-bond donors (Lipinski definition) is 1. The first kappa shape index (κ1) is 13.7. The molecule has 110 valence electrons. The van der Waals surface area contributed by atoms with Crippen LogP contribution in [-0.2, 0) is 0 Å². The molecule has 20 heavy (non-hydrogen) atoms. The van der Waals surface area contributed by atoms with Gasteiger partial charge in [-0.2, -0.15) is 0 Å². The molecule has 1 aromatic rings. The minimum absolute atomic E-state index is 0.351. The Morgan fingerprint density at radius 3 is 2.60 bits per heavy atom. The lowest BCUT2D eigenvalue weighted by atomic mass is 9.98. The fraction of sp³-hybridized carbons (Fsp3) is 0.688. The van der Waals surface area contributed by atoms with Gasteiger partial charge in [-0.3, -0.25) is 4.90 Å². The molecule has 2 atom stereocenters. The minimum atomic E-state index is -0.818. The van der Waals surface area contributed by atoms with Gasteiger partial charge < -0.3 is 9.67 Å². The van der Waals surface area contributed by atoms with E-state index >= 15 is 0 Å². The number of likely N-dealkylation sites (tertiary alicyclic amines) is 1. The van der Waals surface area contributed by atoms with Crippen molar-refractivity contribution in [1.29, 1.82) is 0 Å². The van der Waals surface area contributed by atoms with Gasteiger partial charge in [0.2, 0.25) is 0 Å². The standard InChI is InChI=1S/C16H24N2O2/c1-12-4-2-5-14(12)17-10-7-13(8-11-17)18-9-3-6-15(18)16(19)20/h3,6,9,12-14H,2,4-5,7-8,10-11H2,1H3,(H,19,20). The maximum Gasteiger partial charge on any atom is 0.352 e. The molecular formula is C16H24N2O2. The van der Waals surface area contributed by atoms with E-state index in [-0.39, 0.29) is 0 Å². The van der Waals surface area contributed by atoms with Gasteiger partial charge in [0.1, 0.15) is 5.69 Å². The average Bonchev–Trinajstić information content (AvgIpc) is 3.07. The highest BCUT2D eigenvalue weighted by Crippen LogP contribution is 2.33. The van der Waals surface area contributed by atoms with Crippen molar-refractivity contribution in [2.45, 2.75) is 51.1 Å². The molecule has 4 nitrogen and oxygen atoms in total. The van der Waals surface area contributed by atoms with Crippen molar-refractivity contribution in [1.82, 2.24) is 9.47 Å². The highest BCUT2D eigenvalue weighted by Gasteiger charge is 2.32. The third-order valence-electron chi connectivity index (χ3n) is 5.18.